The van der Waals surface area contributed by atoms with E-state index in [2.05, 4.69) is 5.32 Å². The number of nitrogens with zero attached hydrogens (tertiary/aromatic N) is 1. The van der Waals surface area contributed by atoms with Crippen molar-refractivity contribution in [3.8, 4) is 0 Å². The fourth-order valence-corrected chi connectivity index (χ4v) is 3.49. The Kier molecular flexibility index (Phi) is 5.42. The highest BCUT2D eigenvalue weighted by atomic mass is 32.1. The molecule has 0 aromatic carbocycles. The van der Waals surface area contributed by atoms with Crippen molar-refractivity contribution in [3.05, 3.63) is 22.4 Å². The number of hydrogen-bond acceptors (Lipinski definition) is 4. The molecule has 1 saturated heterocycles. The Morgan fingerprint density at radius 3 is 2.80 bits per heavy atom. The van der Waals surface area contributed by atoms with Gasteiger partial charge in [0, 0.05) is 36.5 Å². The molecule has 20 heavy (non-hydrogen) atoms. The first kappa shape index (κ1) is 15.8. The van der Waals surface area contributed by atoms with Gasteiger partial charge >= 0.3 is 6.18 Å². The number of thiophene rings is 1. The molecule has 7 heteroatoms. The lowest BCUT2D eigenvalue weighted by molar-refractivity contribution is -0.127. The second-order valence-electron chi connectivity index (χ2n) is 5.12. The number of hydrogen-bond donors (Lipinski definition) is 2. The van der Waals surface area contributed by atoms with Crippen molar-refractivity contribution in [2.45, 2.75) is 24.6 Å². The van der Waals surface area contributed by atoms with Crippen LogP contribution >= 0.6 is 11.3 Å². The molecule has 2 rings (SSSR count). The molecule has 0 bridgehead atoms. The molecule has 0 radical (unpaired) electrons. The second kappa shape index (κ2) is 6.89. The van der Waals surface area contributed by atoms with E-state index in [9.17, 15) is 13.2 Å². The summed E-state index contributed by atoms with van der Waals surface area (Å²) in [5, 5.41) is 13.6. The van der Waals surface area contributed by atoms with Crippen molar-refractivity contribution >= 4 is 11.3 Å². The molecule has 2 unspecified atom stereocenters. The molecule has 114 valence electrons. The summed E-state index contributed by atoms with van der Waals surface area (Å²) < 4.78 is 36.9. The minimum Gasteiger partial charge on any atom is -0.395 e. The Morgan fingerprint density at radius 1 is 1.40 bits per heavy atom. The predicted octanol–water partition coefficient (Wildman–Crippen LogP) is 2.05. The van der Waals surface area contributed by atoms with Gasteiger partial charge in [-0.25, -0.2) is 0 Å². The highest BCUT2D eigenvalue weighted by Crippen LogP contribution is 2.30. The number of aliphatic hydroxyl groups excluding tert-OH is 1. The third-order valence-corrected chi connectivity index (χ3v) is 4.51. The number of likely N-dealkylation sites (tertiary alicyclic amines) is 1. The van der Waals surface area contributed by atoms with Crippen molar-refractivity contribution < 1.29 is 18.3 Å². The molecular weight excluding hydrogens is 289 g/mol. The first-order valence-electron chi connectivity index (χ1n) is 6.64. The molecule has 2 N–H and O–H groups in total. The SMILES string of the molecule is OCCN1CC(NCC(F)(F)F)CC(c2cccs2)C1. The first-order valence-corrected chi connectivity index (χ1v) is 7.52. The van der Waals surface area contributed by atoms with E-state index in [0.29, 0.717) is 19.5 Å². The van der Waals surface area contributed by atoms with Gasteiger partial charge in [0.1, 0.15) is 0 Å². The molecule has 1 fully saturated rings. The zero-order valence-electron chi connectivity index (χ0n) is 11.1. The fourth-order valence-electron chi connectivity index (χ4n) is 2.65. The third kappa shape index (κ3) is 4.73. The van der Waals surface area contributed by atoms with E-state index in [-0.39, 0.29) is 18.6 Å². The Labute approximate surface area is 120 Å². The van der Waals surface area contributed by atoms with E-state index in [1.165, 1.54) is 4.88 Å². The predicted molar refractivity (Wildman–Crippen MR) is 73.0 cm³/mol. The molecule has 1 aromatic rings. The second-order valence-corrected chi connectivity index (χ2v) is 6.10. The van der Waals surface area contributed by atoms with Gasteiger partial charge in [0.15, 0.2) is 0 Å². The van der Waals surface area contributed by atoms with Gasteiger partial charge in [-0.05, 0) is 17.9 Å². The number of rotatable bonds is 5. The van der Waals surface area contributed by atoms with Crippen LogP contribution in [0.5, 0.6) is 0 Å². The molecule has 3 nitrogen and oxygen atoms in total. The van der Waals surface area contributed by atoms with E-state index in [1.807, 2.05) is 22.4 Å². The van der Waals surface area contributed by atoms with Crippen LogP contribution in [0.1, 0.15) is 17.2 Å². The normalized spacial score (nSPS) is 25.0. The standard InChI is InChI=1S/C13H19F3N2OS/c14-13(15,16)9-17-11-6-10(12-2-1-5-20-12)7-18(8-11)3-4-19/h1-2,5,10-11,17,19H,3-4,6-9H2. The summed E-state index contributed by atoms with van der Waals surface area (Å²) in [6, 6.07) is 3.80. The molecule has 0 saturated carbocycles. The van der Waals surface area contributed by atoms with Crippen LogP contribution in [0.25, 0.3) is 0 Å². The molecule has 1 aliphatic heterocycles. The van der Waals surface area contributed by atoms with Crippen molar-refractivity contribution in [3.63, 3.8) is 0 Å². The summed E-state index contributed by atoms with van der Waals surface area (Å²) in [5.74, 6) is 0.237. The largest absolute Gasteiger partial charge is 0.401 e. The van der Waals surface area contributed by atoms with Crippen LogP contribution in [0, 0.1) is 0 Å². The minimum absolute atomic E-state index is 0.0309. The van der Waals surface area contributed by atoms with Gasteiger partial charge in [-0.2, -0.15) is 13.2 Å². The molecular formula is C13H19F3N2OS. The summed E-state index contributed by atoms with van der Waals surface area (Å²) in [7, 11) is 0. The quantitative estimate of drug-likeness (QED) is 0.874. The maximum atomic E-state index is 12.3. The summed E-state index contributed by atoms with van der Waals surface area (Å²) in [6.07, 6.45) is -3.48. The molecule has 2 heterocycles. The van der Waals surface area contributed by atoms with E-state index < -0.39 is 12.7 Å². The highest BCUT2D eigenvalue weighted by Gasteiger charge is 2.32. The van der Waals surface area contributed by atoms with Crippen molar-refractivity contribution in [1.29, 1.82) is 0 Å². The smallest absolute Gasteiger partial charge is 0.395 e. The van der Waals surface area contributed by atoms with Gasteiger partial charge in [0.2, 0.25) is 0 Å². The number of halogens is 3. The van der Waals surface area contributed by atoms with E-state index in [0.717, 1.165) is 6.54 Å². The van der Waals surface area contributed by atoms with Crippen molar-refractivity contribution in [2.24, 2.45) is 0 Å². The topological polar surface area (TPSA) is 35.5 Å². The maximum absolute atomic E-state index is 12.3. The van der Waals surface area contributed by atoms with Crippen LogP contribution in [0.15, 0.2) is 17.5 Å². The van der Waals surface area contributed by atoms with Crippen molar-refractivity contribution in [2.75, 3.05) is 32.8 Å². The Hall–Kier alpha value is -0.630. The van der Waals surface area contributed by atoms with Crippen LogP contribution in [0.2, 0.25) is 0 Å². The summed E-state index contributed by atoms with van der Waals surface area (Å²) in [4.78, 5) is 3.23. The van der Waals surface area contributed by atoms with Crippen LogP contribution in [0.3, 0.4) is 0 Å². The third-order valence-electron chi connectivity index (χ3n) is 3.48. The molecule has 2 atom stereocenters. The monoisotopic (exact) mass is 308 g/mol. The lowest BCUT2D eigenvalue weighted by Gasteiger charge is -2.37. The van der Waals surface area contributed by atoms with E-state index in [4.69, 9.17) is 5.11 Å². The Bertz CT molecular complexity index is 397. The zero-order chi connectivity index (χ0) is 14.6. The lowest BCUT2D eigenvalue weighted by atomic mass is 9.93. The highest BCUT2D eigenvalue weighted by molar-refractivity contribution is 7.10. The molecule has 0 amide bonds. The lowest BCUT2D eigenvalue weighted by Crippen LogP contribution is -2.50. The van der Waals surface area contributed by atoms with Gasteiger partial charge in [0.05, 0.1) is 13.2 Å². The fraction of sp³-hybridized carbons (Fsp3) is 0.692. The zero-order valence-corrected chi connectivity index (χ0v) is 11.9. The van der Waals surface area contributed by atoms with Crippen LogP contribution < -0.4 is 5.32 Å². The number of alkyl halides is 3. The number of aliphatic hydroxyl groups is 1. The van der Waals surface area contributed by atoms with E-state index in [1.54, 1.807) is 11.3 Å². The van der Waals surface area contributed by atoms with Crippen LogP contribution in [-0.2, 0) is 0 Å². The van der Waals surface area contributed by atoms with Gasteiger partial charge in [-0.1, -0.05) is 6.07 Å². The Balaban J connectivity index is 1.97. The maximum Gasteiger partial charge on any atom is 0.401 e. The van der Waals surface area contributed by atoms with E-state index >= 15 is 0 Å². The number of β-amino-alcohol motifs (C(OH)–C–C–N with tert-alkyl or cyclic N) is 1. The average molecular weight is 308 g/mol. The van der Waals surface area contributed by atoms with Gasteiger partial charge in [0.25, 0.3) is 0 Å². The van der Waals surface area contributed by atoms with Gasteiger partial charge in [-0.15, -0.1) is 11.3 Å². The van der Waals surface area contributed by atoms with Gasteiger partial charge < -0.3 is 10.4 Å². The summed E-state index contributed by atoms with van der Waals surface area (Å²) in [6.45, 7) is 0.931. The van der Waals surface area contributed by atoms with Crippen LogP contribution in [-0.4, -0.2) is 55.0 Å². The summed E-state index contributed by atoms with van der Waals surface area (Å²) in [5.41, 5.74) is 0. The molecule has 0 spiro atoms. The number of nitrogens with one attached hydrogen (secondary N) is 1. The van der Waals surface area contributed by atoms with Crippen molar-refractivity contribution in [1.82, 2.24) is 10.2 Å². The first-order chi connectivity index (χ1) is 9.48. The molecule has 0 aliphatic carbocycles. The minimum atomic E-state index is -4.18. The number of piperidine rings is 1. The molecule has 1 aliphatic rings. The molecule has 1 aromatic heterocycles. The van der Waals surface area contributed by atoms with Gasteiger partial charge in [-0.3, -0.25) is 4.90 Å². The van der Waals surface area contributed by atoms with Crippen LogP contribution in [0.4, 0.5) is 13.2 Å². The average Bonchev–Trinajstić information content (AvgIpc) is 2.89. The summed E-state index contributed by atoms with van der Waals surface area (Å²) >= 11 is 1.64. The Morgan fingerprint density at radius 2 is 2.20 bits per heavy atom.